The van der Waals surface area contributed by atoms with Gasteiger partial charge in [-0.1, -0.05) is 96.8 Å². The van der Waals surface area contributed by atoms with E-state index in [2.05, 4.69) is 0 Å². The Balaban J connectivity index is 3.32. The summed E-state index contributed by atoms with van der Waals surface area (Å²) in [4.78, 5) is 11.8. The van der Waals surface area contributed by atoms with E-state index in [4.69, 9.17) is 9.84 Å². The highest BCUT2D eigenvalue weighted by atomic mass is 16.5. The van der Waals surface area contributed by atoms with Gasteiger partial charge in [0.2, 0.25) is 0 Å². The van der Waals surface area contributed by atoms with E-state index >= 15 is 0 Å². The van der Waals surface area contributed by atoms with Crippen molar-refractivity contribution in [1.29, 1.82) is 0 Å². The summed E-state index contributed by atoms with van der Waals surface area (Å²) in [5, 5.41) is 27.5. The number of aliphatic hydroxyl groups excluding tert-OH is 3. The third-order valence-corrected chi connectivity index (χ3v) is 6.25. The highest BCUT2D eigenvalue weighted by Crippen LogP contribution is 2.21. The van der Waals surface area contributed by atoms with Gasteiger partial charge in [0.25, 0.3) is 0 Å². The summed E-state index contributed by atoms with van der Waals surface area (Å²) < 4.78 is 5.24. The molecule has 0 saturated carbocycles. The second-order valence-corrected chi connectivity index (χ2v) is 8.96. The van der Waals surface area contributed by atoms with Crippen molar-refractivity contribution in [3.63, 3.8) is 0 Å². The first-order valence-electron chi connectivity index (χ1n) is 12.6. The van der Waals surface area contributed by atoms with E-state index in [1.165, 1.54) is 83.5 Å². The zero-order chi connectivity index (χ0) is 22.3. The fraction of sp³-hybridized carbons (Fsp3) is 0.960. The average molecular weight is 431 g/mol. The van der Waals surface area contributed by atoms with Gasteiger partial charge in [0.05, 0.1) is 18.6 Å². The van der Waals surface area contributed by atoms with Crippen LogP contribution < -0.4 is 0 Å². The van der Waals surface area contributed by atoms with Gasteiger partial charge in [-0.25, -0.2) is 0 Å². The molecule has 0 unspecified atom stereocenters. The first-order chi connectivity index (χ1) is 14.6. The molecule has 0 aromatic rings. The molecule has 5 nitrogen and oxygen atoms in total. The summed E-state index contributed by atoms with van der Waals surface area (Å²) in [6.45, 7) is 1.98. The summed E-state index contributed by atoms with van der Waals surface area (Å²) >= 11 is 0. The lowest BCUT2D eigenvalue weighted by Gasteiger charge is -2.27. The Labute approximate surface area is 185 Å². The highest BCUT2D eigenvalue weighted by Gasteiger charge is 2.28. The number of carbonyl (C=O) groups excluding carboxylic acids is 1. The van der Waals surface area contributed by atoms with Crippen molar-refractivity contribution in [1.82, 2.24) is 0 Å². The largest absolute Gasteiger partial charge is 0.465 e. The standard InChI is InChI=1S/C25H50O5/c1-2-25(21-27,22-28)23-30-24(29)19-17-15-13-11-9-7-5-3-4-6-8-10-12-14-16-18-20-26/h26-28H,2-23H2,1H3. The molecule has 3 N–H and O–H groups in total. The Hall–Kier alpha value is -0.650. The molecule has 0 heterocycles. The molecule has 0 aliphatic heterocycles. The molecule has 0 aromatic carbocycles. The van der Waals surface area contributed by atoms with E-state index in [0.29, 0.717) is 19.4 Å². The average Bonchev–Trinajstić information content (AvgIpc) is 2.77. The molecular weight excluding hydrogens is 380 g/mol. The van der Waals surface area contributed by atoms with Crippen molar-refractivity contribution in [3.8, 4) is 0 Å². The minimum atomic E-state index is -0.698. The smallest absolute Gasteiger partial charge is 0.305 e. The lowest BCUT2D eigenvalue weighted by atomic mass is 9.88. The summed E-state index contributed by atoms with van der Waals surface area (Å²) in [5.41, 5.74) is -0.698. The fourth-order valence-electron chi connectivity index (χ4n) is 3.63. The Morgan fingerprint density at radius 1 is 0.633 bits per heavy atom. The summed E-state index contributed by atoms with van der Waals surface area (Å²) in [6.07, 6.45) is 20.8. The van der Waals surface area contributed by atoms with Crippen molar-refractivity contribution >= 4 is 5.97 Å². The first kappa shape index (κ1) is 29.4. The van der Waals surface area contributed by atoms with E-state index in [0.717, 1.165) is 19.3 Å². The minimum absolute atomic E-state index is 0.0972. The van der Waals surface area contributed by atoms with Crippen LogP contribution in [0, 0.1) is 5.41 Å². The predicted octanol–water partition coefficient (Wildman–Crippen LogP) is 5.53. The molecule has 5 heteroatoms. The van der Waals surface area contributed by atoms with Crippen molar-refractivity contribution in [2.75, 3.05) is 26.4 Å². The normalized spacial score (nSPS) is 11.7. The number of rotatable bonds is 23. The van der Waals surface area contributed by atoms with Gasteiger partial charge in [-0.3, -0.25) is 4.79 Å². The molecule has 0 aliphatic carbocycles. The minimum Gasteiger partial charge on any atom is -0.465 e. The molecule has 0 amide bonds. The van der Waals surface area contributed by atoms with Gasteiger partial charge in [-0.15, -0.1) is 0 Å². The van der Waals surface area contributed by atoms with Crippen molar-refractivity contribution in [2.45, 2.75) is 122 Å². The molecule has 30 heavy (non-hydrogen) atoms. The van der Waals surface area contributed by atoms with Gasteiger partial charge < -0.3 is 20.1 Å². The van der Waals surface area contributed by atoms with Gasteiger partial charge >= 0.3 is 5.97 Å². The van der Waals surface area contributed by atoms with E-state index in [1.54, 1.807) is 0 Å². The van der Waals surface area contributed by atoms with Crippen LogP contribution in [0.25, 0.3) is 0 Å². The fourth-order valence-corrected chi connectivity index (χ4v) is 3.63. The second-order valence-electron chi connectivity index (χ2n) is 8.96. The van der Waals surface area contributed by atoms with Crippen LogP contribution >= 0.6 is 0 Å². The van der Waals surface area contributed by atoms with Crippen LogP contribution in [-0.4, -0.2) is 47.7 Å². The van der Waals surface area contributed by atoms with Crippen LogP contribution in [0.15, 0.2) is 0 Å². The monoisotopic (exact) mass is 430 g/mol. The van der Waals surface area contributed by atoms with Crippen LogP contribution in [0.2, 0.25) is 0 Å². The lowest BCUT2D eigenvalue weighted by Crippen LogP contribution is -2.35. The number of unbranched alkanes of at least 4 members (excludes halogenated alkanes) is 15. The Kier molecular flexibility index (Phi) is 21.1. The van der Waals surface area contributed by atoms with Crippen LogP contribution in [0.3, 0.4) is 0 Å². The summed E-state index contributed by atoms with van der Waals surface area (Å²) in [7, 11) is 0. The van der Waals surface area contributed by atoms with Crippen LogP contribution in [0.5, 0.6) is 0 Å². The molecule has 0 aliphatic rings. The van der Waals surface area contributed by atoms with Gasteiger partial charge in [-0.05, 0) is 19.3 Å². The summed E-state index contributed by atoms with van der Waals surface area (Å²) in [6, 6.07) is 0. The van der Waals surface area contributed by atoms with Gasteiger partial charge in [0, 0.05) is 13.0 Å². The maximum atomic E-state index is 11.8. The topological polar surface area (TPSA) is 87.0 Å². The number of esters is 1. The quantitative estimate of drug-likeness (QED) is 0.146. The molecule has 0 aromatic heterocycles. The number of hydrogen-bond acceptors (Lipinski definition) is 5. The highest BCUT2D eigenvalue weighted by molar-refractivity contribution is 5.69. The number of hydrogen-bond donors (Lipinski definition) is 3. The predicted molar refractivity (Wildman–Crippen MR) is 123 cm³/mol. The molecule has 0 spiro atoms. The van der Waals surface area contributed by atoms with E-state index in [-0.39, 0.29) is 25.8 Å². The maximum absolute atomic E-state index is 11.8. The molecule has 0 saturated heterocycles. The zero-order valence-electron chi connectivity index (χ0n) is 19.7. The molecule has 0 bridgehead atoms. The van der Waals surface area contributed by atoms with Crippen molar-refractivity contribution in [3.05, 3.63) is 0 Å². The molecule has 0 rings (SSSR count). The van der Waals surface area contributed by atoms with Crippen molar-refractivity contribution in [2.24, 2.45) is 5.41 Å². The molecule has 180 valence electrons. The second kappa shape index (κ2) is 21.6. The molecule has 0 atom stereocenters. The summed E-state index contributed by atoms with van der Waals surface area (Å²) in [5.74, 6) is -0.222. The van der Waals surface area contributed by atoms with Crippen molar-refractivity contribution < 1.29 is 24.9 Å². The first-order valence-corrected chi connectivity index (χ1v) is 12.6. The maximum Gasteiger partial charge on any atom is 0.305 e. The number of aliphatic hydroxyl groups is 3. The SMILES string of the molecule is CCC(CO)(CO)COC(=O)CCCCCCCCCCCCCCCCCCO. The van der Waals surface area contributed by atoms with E-state index in [9.17, 15) is 15.0 Å². The third kappa shape index (κ3) is 17.1. The molecule has 0 fully saturated rings. The van der Waals surface area contributed by atoms with Crippen LogP contribution in [-0.2, 0) is 9.53 Å². The van der Waals surface area contributed by atoms with Crippen LogP contribution in [0.1, 0.15) is 122 Å². The van der Waals surface area contributed by atoms with Gasteiger partial charge in [0.15, 0.2) is 0 Å². The Morgan fingerprint density at radius 2 is 1.00 bits per heavy atom. The molecular formula is C25H50O5. The Bertz CT molecular complexity index is 360. The molecule has 0 radical (unpaired) electrons. The third-order valence-electron chi connectivity index (χ3n) is 6.25. The van der Waals surface area contributed by atoms with E-state index < -0.39 is 5.41 Å². The van der Waals surface area contributed by atoms with Crippen LogP contribution in [0.4, 0.5) is 0 Å². The zero-order valence-corrected chi connectivity index (χ0v) is 19.7. The Morgan fingerprint density at radius 3 is 1.33 bits per heavy atom. The van der Waals surface area contributed by atoms with Gasteiger partial charge in [-0.2, -0.15) is 0 Å². The number of ether oxygens (including phenoxy) is 1. The number of carbonyl (C=O) groups is 1. The lowest BCUT2D eigenvalue weighted by molar-refractivity contribution is -0.149. The van der Waals surface area contributed by atoms with E-state index in [1.807, 2.05) is 6.92 Å². The van der Waals surface area contributed by atoms with Gasteiger partial charge in [0.1, 0.15) is 6.61 Å².